The fourth-order valence-electron chi connectivity index (χ4n) is 0.850. The van der Waals surface area contributed by atoms with E-state index in [0.29, 0.717) is 0 Å². The minimum absolute atomic E-state index is 0.370. The Bertz CT molecular complexity index is 274. The van der Waals surface area contributed by atoms with Gasteiger partial charge in [0.25, 0.3) is 9.04 Å². The molecule has 1 aromatic rings. The summed E-state index contributed by atoms with van der Waals surface area (Å²) in [6, 6.07) is 9.25. The van der Waals surface area contributed by atoms with Crippen LogP contribution < -0.4 is 5.32 Å². The summed E-state index contributed by atoms with van der Waals surface area (Å²) in [6.07, 6.45) is -0.370. The Morgan fingerprint density at radius 3 is 2.46 bits per heavy atom. The molecule has 0 saturated heterocycles. The van der Waals surface area contributed by atoms with Crippen LogP contribution in [0.5, 0.6) is 0 Å². The van der Waals surface area contributed by atoms with Gasteiger partial charge in [-0.25, -0.2) is 4.79 Å². The van der Waals surface area contributed by atoms with Gasteiger partial charge >= 0.3 is 6.09 Å². The maximum absolute atomic E-state index is 11.1. The van der Waals surface area contributed by atoms with Crippen LogP contribution >= 0.6 is 0 Å². The molecule has 0 aliphatic carbocycles. The predicted molar refractivity (Wildman–Crippen MR) is 54.0 cm³/mol. The number of para-hydroxylation sites is 1. The Morgan fingerprint density at radius 1 is 1.31 bits per heavy atom. The first-order chi connectivity index (χ1) is 6.18. The summed E-state index contributed by atoms with van der Waals surface area (Å²) in [5, 5.41) is 2.64. The van der Waals surface area contributed by atoms with Crippen molar-refractivity contribution in [1.82, 2.24) is 0 Å². The molecular formula is C9H12NO2Si. The smallest absolute Gasteiger partial charge is 0.398 e. The Hall–Kier alpha value is -1.29. The van der Waals surface area contributed by atoms with Crippen molar-refractivity contribution in [3.63, 3.8) is 0 Å². The van der Waals surface area contributed by atoms with Crippen molar-refractivity contribution in [3.8, 4) is 0 Å². The maximum Gasteiger partial charge on any atom is 0.398 e. The lowest BCUT2D eigenvalue weighted by Crippen LogP contribution is -2.20. The molecule has 0 unspecified atom stereocenters. The Kier molecular flexibility index (Phi) is 3.51. The molecule has 0 saturated carbocycles. The lowest BCUT2D eigenvalue weighted by Gasteiger charge is -2.07. The van der Waals surface area contributed by atoms with E-state index in [2.05, 4.69) is 5.32 Å². The second-order valence-corrected chi connectivity index (χ2v) is 4.81. The molecule has 1 radical (unpaired) electrons. The third kappa shape index (κ3) is 3.75. The lowest BCUT2D eigenvalue weighted by molar-refractivity contribution is 0.216. The molecule has 0 aromatic heterocycles. The number of carbonyl (C=O) groups is 1. The average Bonchev–Trinajstić information content (AvgIpc) is 2.04. The minimum atomic E-state index is -0.965. The molecule has 0 heterocycles. The van der Waals surface area contributed by atoms with Crippen molar-refractivity contribution in [3.05, 3.63) is 30.3 Å². The highest BCUT2D eigenvalue weighted by Gasteiger charge is 2.05. The quantitative estimate of drug-likeness (QED) is 0.734. The number of rotatable bonds is 2. The fraction of sp³-hybridized carbons (Fsp3) is 0.222. The molecular weight excluding hydrogens is 182 g/mol. The molecule has 0 fully saturated rings. The molecule has 13 heavy (non-hydrogen) atoms. The van der Waals surface area contributed by atoms with Gasteiger partial charge in [0.15, 0.2) is 0 Å². The standard InChI is InChI=1S/C9H12NO2Si/c1-13(2)12-9(11)10-8-6-4-3-5-7-8/h3-7H,1-2H3,(H,10,11). The molecule has 0 aliphatic rings. The Balaban J connectivity index is 2.46. The van der Waals surface area contributed by atoms with E-state index in [4.69, 9.17) is 4.43 Å². The number of hydrogen-bond acceptors (Lipinski definition) is 2. The van der Waals surface area contributed by atoms with Crippen LogP contribution in [0.3, 0.4) is 0 Å². The average molecular weight is 194 g/mol. The van der Waals surface area contributed by atoms with E-state index in [-0.39, 0.29) is 6.09 Å². The van der Waals surface area contributed by atoms with E-state index in [9.17, 15) is 4.79 Å². The second kappa shape index (κ2) is 4.66. The van der Waals surface area contributed by atoms with Crippen LogP contribution in [0.1, 0.15) is 0 Å². The number of hydrogen-bond donors (Lipinski definition) is 1. The van der Waals surface area contributed by atoms with Gasteiger partial charge in [-0.15, -0.1) is 0 Å². The maximum atomic E-state index is 11.1. The van der Waals surface area contributed by atoms with Gasteiger partial charge in [-0.1, -0.05) is 18.2 Å². The van der Waals surface area contributed by atoms with E-state index in [1.54, 1.807) is 0 Å². The second-order valence-electron chi connectivity index (χ2n) is 2.79. The molecule has 1 amide bonds. The van der Waals surface area contributed by atoms with E-state index in [1.807, 2.05) is 43.4 Å². The first-order valence-electron chi connectivity index (χ1n) is 4.02. The predicted octanol–water partition coefficient (Wildman–Crippen LogP) is 2.49. The third-order valence-electron chi connectivity index (χ3n) is 1.32. The molecule has 4 heteroatoms. The van der Waals surface area contributed by atoms with Crippen LogP contribution in [-0.4, -0.2) is 15.1 Å². The highest BCUT2D eigenvalue weighted by Crippen LogP contribution is 2.05. The summed E-state index contributed by atoms with van der Waals surface area (Å²) in [4.78, 5) is 11.1. The molecule has 1 rings (SSSR count). The van der Waals surface area contributed by atoms with Crippen molar-refractivity contribution >= 4 is 20.8 Å². The summed E-state index contributed by atoms with van der Waals surface area (Å²) < 4.78 is 5.01. The van der Waals surface area contributed by atoms with Crippen LogP contribution in [0, 0.1) is 0 Å². The monoisotopic (exact) mass is 194 g/mol. The first-order valence-corrected chi connectivity index (χ1v) is 6.43. The van der Waals surface area contributed by atoms with E-state index in [1.165, 1.54) is 0 Å². The summed E-state index contributed by atoms with van der Waals surface area (Å²) >= 11 is 0. The van der Waals surface area contributed by atoms with Crippen molar-refractivity contribution in [1.29, 1.82) is 0 Å². The van der Waals surface area contributed by atoms with Crippen molar-refractivity contribution in [2.45, 2.75) is 13.1 Å². The van der Waals surface area contributed by atoms with Gasteiger partial charge in [-0.05, 0) is 25.2 Å². The summed E-state index contributed by atoms with van der Waals surface area (Å²) in [7, 11) is -0.965. The zero-order valence-corrected chi connectivity index (χ0v) is 8.70. The highest BCUT2D eigenvalue weighted by atomic mass is 28.3. The van der Waals surface area contributed by atoms with Crippen molar-refractivity contribution in [2.75, 3.05) is 5.32 Å². The van der Waals surface area contributed by atoms with E-state index in [0.717, 1.165) is 5.69 Å². The van der Waals surface area contributed by atoms with Crippen LogP contribution in [0.4, 0.5) is 10.5 Å². The minimum Gasteiger partial charge on any atom is -0.502 e. The van der Waals surface area contributed by atoms with Gasteiger partial charge in [-0.3, -0.25) is 5.32 Å². The van der Waals surface area contributed by atoms with Gasteiger partial charge in [0.1, 0.15) is 0 Å². The fourth-order valence-corrected chi connectivity index (χ4v) is 1.27. The number of amides is 1. The molecule has 0 atom stereocenters. The zero-order chi connectivity index (χ0) is 9.68. The molecule has 3 nitrogen and oxygen atoms in total. The first kappa shape index (κ1) is 9.79. The Morgan fingerprint density at radius 2 is 1.92 bits per heavy atom. The number of anilines is 1. The van der Waals surface area contributed by atoms with Crippen LogP contribution in [0.25, 0.3) is 0 Å². The number of carbonyl (C=O) groups excluding carboxylic acids is 1. The van der Waals surface area contributed by atoms with Gasteiger partial charge in [-0.2, -0.15) is 0 Å². The van der Waals surface area contributed by atoms with E-state index >= 15 is 0 Å². The van der Waals surface area contributed by atoms with Crippen LogP contribution in [0.15, 0.2) is 30.3 Å². The zero-order valence-electron chi connectivity index (χ0n) is 7.70. The molecule has 0 spiro atoms. The van der Waals surface area contributed by atoms with Gasteiger partial charge in [0, 0.05) is 5.69 Å². The normalized spacial score (nSPS) is 9.77. The lowest BCUT2D eigenvalue weighted by atomic mass is 10.3. The Labute approximate surface area is 79.5 Å². The van der Waals surface area contributed by atoms with Gasteiger partial charge in [0.2, 0.25) is 0 Å². The van der Waals surface area contributed by atoms with Crippen molar-refractivity contribution in [2.24, 2.45) is 0 Å². The highest BCUT2D eigenvalue weighted by molar-refractivity contribution is 6.50. The number of benzene rings is 1. The van der Waals surface area contributed by atoms with Crippen molar-refractivity contribution < 1.29 is 9.22 Å². The SMILES string of the molecule is C[Si](C)OC(=O)Nc1ccccc1. The summed E-state index contributed by atoms with van der Waals surface area (Å²) in [6.45, 7) is 3.82. The molecule has 0 aliphatic heterocycles. The number of nitrogens with one attached hydrogen (secondary N) is 1. The summed E-state index contributed by atoms with van der Waals surface area (Å²) in [5.41, 5.74) is 0.760. The molecule has 0 bridgehead atoms. The van der Waals surface area contributed by atoms with Gasteiger partial charge < -0.3 is 4.43 Å². The van der Waals surface area contributed by atoms with E-state index < -0.39 is 9.04 Å². The molecule has 1 N–H and O–H groups in total. The van der Waals surface area contributed by atoms with Crippen LogP contribution in [-0.2, 0) is 4.43 Å². The third-order valence-corrected chi connectivity index (χ3v) is 1.91. The summed E-state index contributed by atoms with van der Waals surface area (Å²) in [5.74, 6) is 0. The topological polar surface area (TPSA) is 38.3 Å². The van der Waals surface area contributed by atoms with Crippen LogP contribution in [0.2, 0.25) is 13.1 Å². The van der Waals surface area contributed by atoms with Gasteiger partial charge in [0.05, 0.1) is 0 Å². The molecule has 69 valence electrons. The largest absolute Gasteiger partial charge is 0.502 e. The molecule has 1 aromatic carbocycles.